The standard InChI is InChI=1S/2C7H3ClF2O/c8-7(11)5-2-1-4(9)3-6(5)10;8-7(11)6-4(9)2-1-3-5(6)10/h2*1-3H. The van der Waals surface area contributed by atoms with Gasteiger partial charge in [-0.25, -0.2) is 17.6 Å². The second-order valence-electron chi connectivity index (χ2n) is 3.77. The van der Waals surface area contributed by atoms with Gasteiger partial charge in [0, 0.05) is 6.07 Å². The van der Waals surface area contributed by atoms with E-state index < -0.39 is 39.3 Å². The molecule has 0 unspecified atom stereocenters. The molecule has 0 bridgehead atoms. The quantitative estimate of drug-likeness (QED) is 0.580. The van der Waals surface area contributed by atoms with Crippen molar-refractivity contribution in [3.63, 3.8) is 0 Å². The molecule has 0 radical (unpaired) electrons. The number of benzene rings is 2. The van der Waals surface area contributed by atoms with E-state index in [1.54, 1.807) is 0 Å². The third kappa shape index (κ3) is 4.82. The normalized spacial score (nSPS) is 9.73. The average molecular weight is 353 g/mol. The molecule has 22 heavy (non-hydrogen) atoms. The van der Waals surface area contributed by atoms with E-state index in [9.17, 15) is 27.2 Å². The van der Waals surface area contributed by atoms with Gasteiger partial charge in [-0.3, -0.25) is 9.59 Å². The van der Waals surface area contributed by atoms with Crippen molar-refractivity contribution >= 4 is 33.7 Å². The topological polar surface area (TPSA) is 34.1 Å². The van der Waals surface area contributed by atoms with Crippen LogP contribution in [0.1, 0.15) is 20.7 Å². The van der Waals surface area contributed by atoms with Gasteiger partial charge in [0.25, 0.3) is 10.5 Å². The van der Waals surface area contributed by atoms with Crippen LogP contribution in [0.3, 0.4) is 0 Å². The van der Waals surface area contributed by atoms with Crippen LogP contribution >= 0.6 is 23.2 Å². The van der Waals surface area contributed by atoms with Gasteiger partial charge in [-0.15, -0.1) is 0 Å². The first-order valence-electron chi connectivity index (χ1n) is 5.52. The fourth-order valence-corrected chi connectivity index (χ4v) is 1.67. The Balaban J connectivity index is 0.000000220. The van der Waals surface area contributed by atoms with Crippen molar-refractivity contribution < 1.29 is 27.2 Å². The van der Waals surface area contributed by atoms with E-state index in [1.165, 1.54) is 0 Å². The van der Waals surface area contributed by atoms with Gasteiger partial charge in [0.05, 0.1) is 5.56 Å². The van der Waals surface area contributed by atoms with E-state index in [1.807, 2.05) is 0 Å². The molecule has 0 spiro atoms. The van der Waals surface area contributed by atoms with E-state index in [4.69, 9.17) is 23.2 Å². The maximum Gasteiger partial charge on any atom is 0.258 e. The zero-order valence-corrected chi connectivity index (χ0v) is 12.1. The number of hydrogen-bond donors (Lipinski definition) is 0. The molecule has 0 N–H and O–H groups in total. The SMILES string of the molecule is O=C(Cl)c1c(F)cccc1F.O=C(Cl)c1ccc(F)cc1F. The minimum absolute atomic E-state index is 0.312. The summed E-state index contributed by atoms with van der Waals surface area (Å²) in [6, 6.07) is 5.68. The Morgan fingerprint density at radius 1 is 0.773 bits per heavy atom. The molecule has 0 aliphatic carbocycles. The summed E-state index contributed by atoms with van der Waals surface area (Å²) in [6.07, 6.45) is 0. The van der Waals surface area contributed by atoms with Gasteiger partial charge in [-0.1, -0.05) is 6.07 Å². The first-order valence-corrected chi connectivity index (χ1v) is 6.28. The van der Waals surface area contributed by atoms with Crippen molar-refractivity contribution in [3.05, 3.63) is 70.8 Å². The zero-order chi connectivity index (χ0) is 16.9. The molecule has 2 aromatic carbocycles. The Hall–Kier alpha value is -1.92. The first-order chi connectivity index (χ1) is 10.2. The second kappa shape index (κ2) is 7.91. The highest BCUT2D eigenvalue weighted by atomic mass is 35.5. The Kier molecular flexibility index (Phi) is 6.52. The van der Waals surface area contributed by atoms with Crippen molar-refractivity contribution in [3.8, 4) is 0 Å². The Morgan fingerprint density at radius 3 is 1.68 bits per heavy atom. The number of rotatable bonds is 2. The third-order valence-corrected chi connectivity index (χ3v) is 2.69. The molecule has 0 amide bonds. The minimum Gasteiger partial charge on any atom is -0.275 e. The molecule has 2 rings (SSSR count). The van der Waals surface area contributed by atoms with Gasteiger partial charge in [0.1, 0.15) is 28.8 Å². The number of carbonyl (C=O) groups excluding carboxylic acids is 2. The molecule has 0 atom stereocenters. The number of carbonyl (C=O) groups is 2. The molecule has 2 nitrogen and oxygen atoms in total. The van der Waals surface area contributed by atoms with Crippen LogP contribution in [0.5, 0.6) is 0 Å². The highest BCUT2D eigenvalue weighted by molar-refractivity contribution is 6.68. The average Bonchev–Trinajstić information content (AvgIpc) is 2.38. The van der Waals surface area contributed by atoms with E-state index >= 15 is 0 Å². The fraction of sp³-hybridized carbons (Fsp3) is 0. The lowest BCUT2D eigenvalue weighted by molar-refractivity contribution is 0.106. The molecule has 116 valence electrons. The molecular weight excluding hydrogens is 347 g/mol. The maximum atomic E-state index is 12.6. The molecule has 0 saturated carbocycles. The van der Waals surface area contributed by atoms with Gasteiger partial charge in [0.15, 0.2) is 0 Å². The highest BCUT2D eigenvalue weighted by Crippen LogP contribution is 2.14. The smallest absolute Gasteiger partial charge is 0.258 e. The first kappa shape index (κ1) is 18.1. The van der Waals surface area contributed by atoms with Crippen molar-refractivity contribution in [2.45, 2.75) is 0 Å². The van der Waals surface area contributed by atoms with Crippen LogP contribution in [-0.2, 0) is 0 Å². The van der Waals surface area contributed by atoms with Crippen molar-refractivity contribution in [2.24, 2.45) is 0 Å². The summed E-state index contributed by atoms with van der Waals surface area (Å²) >= 11 is 9.85. The summed E-state index contributed by atoms with van der Waals surface area (Å²) in [7, 11) is 0. The monoisotopic (exact) mass is 352 g/mol. The van der Waals surface area contributed by atoms with E-state index in [2.05, 4.69) is 0 Å². The summed E-state index contributed by atoms with van der Waals surface area (Å²) in [5, 5.41) is -2.05. The van der Waals surface area contributed by atoms with Gasteiger partial charge >= 0.3 is 0 Å². The summed E-state index contributed by atoms with van der Waals surface area (Å²) in [4.78, 5) is 20.8. The molecule has 0 aliphatic heterocycles. The van der Waals surface area contributed by atoms with Gasteiger partial charge in [0.2, 0.25) is 0 Å². The fourth-order valence-electron chi connectivity index (χ4n) is 1.33. The summed E-state index contributed by atoms with van der Waals surface area (Å²) in [5.41, 5.74) is -1.01. The lowest BCUT2D eigenvalue weighted by Gasteiger charge is -1.96. The van der Waals surface area contributed by atoms with Crippen LogP contribution < -0.4 is 0 Å². The minimum atomic E-state index is -1.12. The highest BCUT2D eigenvalue weighted by Gasteiger charge is 2.13. The number of hydrogen-bond acceptors (Lipinski definition) is 2. The predicted octanol–water partition coefficient (Wildman–Crippen LogP) is 4.69. The van der Waals surface area contributed by atoms with Crippen LogP contribution in [0.25, 0.3) is 0 Å². The molecule has 8 heteroatoms. The predicted molar refractivity (Wildman–Crippen MR) is 73.1 cm³/mol. The largest absolute Gasteiger partial charge is 0.275 e. The van der Waals surface area contributed by atoms with Crippen LogP contribution in [0.4, 0.5) is 17.6 Å². The lowest BCUT2D eigenvalue weighted by atomic mass is 10.2. The van der Waals surface area contributed by atoms with Crippen molar-refractivity contribution in [2.75, 3.05) is 0 Å². The summed E-state index contributed by atoms with van der Waals surface area (Å²) in [5.74, 6) is -3.55. The summed E-state index contributed by atoms with van der Waals surface area (Å²) in [6.45, 7) is 0. The van der Waals surface area contributed by atoms with E-state index in [-0.39, 0.29) is 5.56 Å². The van der Waals surface area contributed by atoms with Gasteiger partial charge in [-0.2, -0.15) is 0 Å². The van der Waals surface area contributed by atoms with Crippen LogP contribution in [-0.4, -0.2) is 10.5 Å². The van der Waals surface area contributed by atoms with Crippen LogP contribution in [0.2, 0.25) is 0 Å². The third-order valence-electron chi connectivity index (χ3n) is 2.30. The molecule has 0 aliphatic rings. The Morgan fingerprint density at radius 2 is 1.32 bits per heavy atom. The molecule has 0 fully saturated rings. The molecule has 0 heterocycles. The molecule has 0 aromatic heterocycles. The van der Waals surface area contributed by atoms with Crippen molar-refractivity contribution in [1.29, 1.82) is 0 Å². The van der Waals surface area contributed by atoms with E-state index in [0.29, 0.717) is 6.07 Å². The molecule has 2 aromatic rings. The zero-order valence-electron chi connectivity index (χ0n) is 10.5. The Bertz CT molecular complexity index is 700. The van der Waals surface area contributed by atoms with Gasteiger partial charge in [-0.05, 0) is 47.5 Å². The second-order valence-corrected chi connectivity index (χ2v) is 4.45. The molecular formula is C14H6Cl2F4O2. The lowest BCUT2D eigenvalue weighted by Crippen LogP contribution is -1.98. The van der Waals surface area contributed by atoms with Crippen molar-refractivity contribution in [1.82, 2.24) is 0 Å². The Labute approximate surface area is 132 Å². The number of halogens is 6. The van der Waals surface area contributed by atoms with Gasteiger partial charge < -0.3 is 0 Å². The van der Waals surface area contributed by atoms with Crippen LogP contribution in [0.15, 0.2) is 36.4 Å². The molecule has 0 saturated heterocycles. The maximum absolute atomic E-state index is 12.6. The van der Waals surface area contributed by atoms with E-state index in [0.717, 1.165) is 30.3 Å². The summed E-state index contributed by atoms with van der Waals surface area (Å²) < 4.78 is 49.9. The van der Waals surface area contributed by atoms with Crippen LogP contribution in [0, 0.1) is 23.3 Å².